The Bertz CT molecular complexity index is 772. The Hall–Kier alpha value is -2.86. The molecule has 0 saturated heterocycles. The maximum atomic E-state index is 5.87. The first-order chi connectivity index (χ1) is 11.3. The largest absolute Gasteiger partial charge is 0.492 e. The number of nitrogens with zero attached hydrogens (tertiary/aromatic N) is 2. The van der Waals surface area contributed by atoms with Gasteiger partial charge in [-0.05, 0) is 17.7 Å². The first-order valence-corrected chi connectivity index (χ1v) is 7.18. The molecule has 0 bridgehead atoms. The van der Waals surface area contributed by atoms with Crippen LogP contribution in [-0.4, -0.2) is 17.3 Å². The van der Waals surface area contributed by atoms with Crippen molar-refractivity contribution in [1.82, 2.24) is 10.1 Å². The standard InChI is InChI=1S/C17H17N3O3/c1-21-16-13(17-19-15(10-18)23-20-17)8-5-9-14(16)22-11-12-6-3-2-4-7-12/h2-9H,10-11,18H2,1H3. The van der Waals surface area contributed by atoms with Gasteiger partial charge in [0.1, 0.15) is 6.61 Å². The molecule has 6 nitrogen and oxygen atoms in total. The SMILES string of the molecule is COc1c(OCc2ccccc2)cccc1-c1noc(CN)n1. The number of aromatic nitrogens is 2. The van der Waals surface area contributed by atoms with Crippen LogP contribution in [-0.2, 0) is 13.2 Å². The Kier molecular flexibility index (Phi) is 4.54. The number of methoxy groups -OCH3 is 1. The molecule has 0 unspecified atom stereocenters. The summed E-state index contributed by atoms with van der Waals surface area (Å²) in [6.07, 6.45) is 0. The number of rotatable bonds is 6. The second-order valence-corrected chi connectivity index (χ2v) is 4.83. The van der Waals surface area contributed by atoms with Gasteiger partial charge in [0.2, 0.25) is 11.7 Å². The van der Waals surface area contributed by atoms with Gasteiger partial charge in [-0.1, -0.05) is 41.6 Å². The molecule has 2 aromatic carbocycles. The summed E-state index contributed by atoms with van der Waals surface area (Å²) in [6, 6.07) is 15.5. The normalized spacial score (nSPS) is 10.5. The van der Waals surface area contributed by atoms with Crippen LogP contribution in [0, 0.1) is 0 Å². The smallest absolute Gasteiger partial charge is 0.240 e. The number of benzene rings is 2. The lowest BCUT2D eigenvalue weighted by molar-refractivity contribution is 0.285. The molecule has 0 aliphatic rings. The van der Waals surface area contributed by atoms with E-state index in [2.05, 4.69) is 10.1 Å². The number of nitrogens with two attached hydrogens (primary N) is 1. The molecule has 0 spiro atoms. The summed E-state index contributed by atoms with van der Waals surface area (Å²) in [7, 11) is 1.58. The number of para-hydroxylation sites is 1. The zero-order valence-corrected chi connectivity index (χ0v) is 12.7. The van der Waals surface area contributed by atoms with Gasteiger partial charge >= 0.3 is 0 Å². The molecule has 0 amide bonds. The molecule has 118 valence electrons. The van der Waals surface area contributed by atoms with Gasteiger partial charge < -0.3 is 19.7 Å². The third-order valence-corrected chi connectivity index (χ3v) is 3.30. The predicted octanol–water partition coefficient (Wildman–Crippen LogP) is 2.78. The molecule has 0 saturated carbocycles. The van der Waals surface area contributed by atoms with Crippen molar-refractivity contribution in [3.63, 3.8) is 0 Å². The van der Waals surface area contributed by atoms with E-state index in [1.165, 1.54) is 0 Å². The van der Waals surface area contributed by atoms with E-state index in [-0.39, 0.29) is 6.54 Å². The maximum Gasteiger partial charge on any atom is 0.240 e. The molecular weight excluding hydrogens is 294 g/mol. The second kappa shape index (κ2) is 6.93. The predicted molar refractivity (Wildman–Crippen MR) is 85.0 cm³/mol. The Morgan fingerprint density at radius 1 is 1.09 bits per heavy atom. The summed E-state index contributed by atoms with van der Waals surface area (Å²) in [6.45, 7) is 0.639. The molecule has 1 heterocycles. The van der Waals surface area contributed by atoms with Gasteiger partial charge in [0, 0.05) is 0 Å². The van der Waals surface area contributed by atoms with E-state index in [0.717, 1.165) is 5.56 Å². The minimum atomic E-state index is 0.194. The number of ether oxygens (including phenoxy) is 2. The van der Waals surface area contributed by atoms with E-state index in [1.54, 1.807) is 7.11 Å². The monoisotopic (exact) mass is 311 g/mol. The highest BCUT2D eigenvalue weighted by molar-refractivity contribution is 5.68. The molecule has 3 aromatic rings. The average Bonchev–Trinajstić information content (AvgIpc) is 3.09. The van der Waals surface area contributed by atoms with Crippen LogP contribution >= 0.6 is 0 Å². The summed E-state index contributed by atoms with van der Waals surface area (Å²) in [4.78, 5) is 4.23. The highest BCUT2D eigenvalue weighted by atomic mass is 16.5. The molecule has 23 heavy (non-hydrogen) atoms. The fraction of sp³-hybridized carbons (Fsp3) is 0.176. The van der Waals surface area contributed by atoms with Gasteiger partial charge in [-0.3, -0.25) is 0 Å². The van der Waals surface area contributed by atoms with E-state index >= 15 is 0 Å². The van der Waals surface area contributed by atoms with Crippen LogP contribution in [0.2, 0.25) is 0 Å². The van der Waals surface area contributed by atoms with Gasteiger partial charge in [-0.2, -0.15) is 4.98 Å². The summed E-state index contributed by atoms with van der Waals surface area (Å²) in [5.41, 5.74) is 7.27. The summed E-state index contributed by atoms with van der Waals surface area (Å²) >= 11 is 0. The zero-order chi connectivity index (χ0) is 16.1. The second-order valence-electron chi connectivity index (χ2n) is 4.83. The number of hydrogen-bond acceptors (Lipinski definition) is 6. The summed E-state index contributed by atoms with van der Waals surface area (Å²) in [5, 5.41) is 3.92. The molecule has 2 N–H and O–H groups in total. The van der Waals surface area contributed by atoms with Crippen molar-refractivity contribution in [3.8, 4) is 22.9 Å². The van der Waals surface area contributed by atoms with E-state index < -0.39 is 0 Å². The molecule has 0 atom stereocenters. The molecule has 3 rings (SSSR count). The average molecular weight is 311 g/mol. The van der Waals surface area contributed by atoms with E-state index in [0.29, 0.717) is 35.4 Å². The lowest BCUT2D eigenvalue weighted by Gasteiger charge is -2.13. The Labute approximate surface area is 133 Å². The van der Waals surface area contributed by atoms with E-state index in [4.69, 9.17) is 19.7 Å². The lowest BCUT2D eigenvalue weighted by atomic mass is 10.1. The highest BCUT2D eigenvalue weighted by Crippen LogP contribution is 2.37. The molecule has 0 aliphatic heterocycles. The van der Waals surface area contributed by atoms with Crippen LogP contribution in [0.4, 0.5) is 0 Å². The van der Waals surface area contributed by atoms with Crippen molar-refractivity contribution >= 4 is 0 Å². The van der Waals surface area contributed by atoms with Crippen molar-refractivity contribution in [2.75, 3.05) is 7.11 Å². The highest BCUT2D eigenvalue weighted by Gasteiger charge is 2.16. The summed E-state index contributed by atoms with van der Waals surface area (Å²) < 4.78 is 16.4. The Morgan fingerprint density at radius 2 is 1.91 bits per heavy atom. The van der Waals surface area contributed by atoms with Gasteiger partial charge in [0.15, 0.2) is 11.5 Å². The van der Waals surface area contributed by atoms with Gasteiger partial charge in [0.05, 0.1) is 19.2 Å². The van der Waals surface area contributed by atoms with Crippen LogP contribution in [0.25, 0.3) is 11.4 Å². The minimum absolute atomic E-state index is 0.194. The lowest BCUT2D eigenvalue weighted by Crippen LogP contribution is -1.99. The molecule has 0 radical (unpaired) electrons. The first-order valence-electron chi connectivity index (χ1n) is 7.18. The Morgan fingerprint density at radius 3 is 2.61 bits per heavy atom. The first kappa shape index (κ1) is 15.1. The minimum Gasteiger partial charge on any atom is -0.492 e. The van der Waals surface area contributed by atoms with Crippen LogP contribution < -0.4 is 15.2 Å². The number of hydrogen-bond donors (Lipinski definition) is 1. The van der Waals surface area contributed by atoms with Crippen molar-refractivity contribution in [1.29, 1.82) is 0 Å². The van der Waals surface area contributed by atoms with Crippen molar-refractivity contribution in [2.45, 2.75) is 13.2 Å². The van der Waals surface area contributed by atoms with Crippen molar-refractivity contribution in [2.24, 2.45) is 5.73 Å². The van der Waals surface area contributed by atoms with E-state index in [9.17, 15) is 0 Å². The fourth-order valence-electron chi connectivity index (χ4n) is 2.20. The van der Waals surface area contributed by atoms with Crippen molar-refractivity contribution < 1.29 is 14.0 Å². The van der Waals surface area contributed by atoms with Crippen LogP contribution in [0.5, 0.6) is 11.5 Å². The zero-order valence-electron chi connectivity index (χ0n) is 12.7. The molecular formula is C17H17N3O3. The maximum absolute atomic E-state index is 5.87. The topological polar surface area (TPSA) is 83.4 Å². The van der Waals surface area contributed by atoms with Gasteiger partial charge in [0.25, 0.3) is 0 Å². The molecule has 1 aromatic heterocycles. The van der Waals surface area contributed by atoms with Crippen LogP contribution in [0.3, 0.4) is 0 Å². The van der Waals surface area contributed by atoms with Crippen molar-refractivity contribution in [3.05, 3.63) is 60.0 Å². The van der Waals surface area contributed by atoms with E-state index in [1.807, 2.05) is 48.5 Å². The molecule has 0 fully saturated rings. The van der Waals surface area contributed by atoms with Gasteiger partial charge in [-0.25, -0.2) is 0 Å². The molecule has 0 aliphatic carbocycles. The fourth-order valence-corrected chi connectivity index (χ4v) is 2.20. The van der Waals surface area contributed by atoms with Gasteiger partial charge in [-0.15, -0.1) is 0 Å². The Balaban J connectivity index is 1.87. The quantitative estimate of drug-likeness (QED) is 0.753. The van der Waals surface area contributed by atoms with Crippen LogP contribution in [0.15, 0.2) is 53.1 Å². The third-order valence-electron chi connectivity index (χ3n) is 3.30. The summed E-state index contributed by atoms with van der Waals surface area (Å²) in [5.74, 6) is 1.98. The van der Waals surface area contributed by atoms with Crippen LogP contribution in [0.1, 0.15) is 11.5 Å². The third kappa shape index (κ3) is 3.32. The molecule has 6 heteroatoms.